The molecule has 2 aromatic heterocycles. The lowest BCUT2D eigenvalue weighted by Crippen LogP contribution is -2.42. The van der Waals surface area contributed by atoms with Crippen molar-refractivity contribution in [2.45, 2.75) is 6.54 Å². The molecule has 0 radical (unpaired) electrons. The number of piperazine rings is 1. The first-order valence-electron chi connectivity index (χ1n) is 11.7. The van der Waals surface area contributed by atoms with E-state index in [-0.39, 0.29) is 24.0 Å². The van der Waals surface area contributed by atoms with Crippen molar-refractivity contribution < 1.29 is 9.21 Å². The lowest BCUT2D eigenvalue weighted by atomic mass is 10.1. The first-order valence-corrected chi connectivity index (χ1v) is 11.7. The summed E-state index contributed by atoms with van der Waals surface area (Å²) in [5, 5.41) is 6.34. The van der Waals surface area contributed by atoms with Gasteiger partial charge in [0.1, 0.15) is 11.2 Å². The molecule has 0 atom stereocenters. The molecule has 1 saturated heterocycles. The number of amides is 1. The molecule has 0 spiro atoms. The number of hydrogen-bond donors (Lipinski definition) is 2. The van der Waals surface area contributed by atoms with E-state index in [2.05, 4.69) is 31.6 Å². The average Bonchev–Trinajstić information content (AvgIpc) is 3.35. The third-order valence-corrected chi connectivity index (χ3v) is 6.19. The van der Waals surface area contributed by atoms with E-state index in [0.29, 0.717) is 22.7 Å². The number of benzene rings is 3. The summed E-state index contributed by atoms with van der Waals surface area (Å²) in [6.45, 7) is 4.83. The Hall–Kier alpha value is -3.85. The van der Waals surface area contributed by atoms with Crippen molar-refractivity contribution in [3.63, 3.8) is 0 Å². The number of oxazole rings is 1. The number of fused-ring (bicyclic) bond motifs is 2. The number of hydrogen-bond acceptors (Lipinski definition) is 7. The van der Waals surface area contributed by atoms with Gasteiger partial charge in [-0.1, -0.05) is 36.4 Å². The Balaban J connectivity index is 0.00000267. The van der Waals surface area contributed by atoms with Crippen molar-refractivity contribution >= 4 is 46.1 Å². The molecule has 182 valence electrons. The van der Waals surface area contributed by atoms with E-state index in [4.69, 9.17) is 9.40 Å². The molecule has 1 fully saturated rings. The van der Waals surface area contributed by atoms with E-state index >= 15 is 0 Å². The standard InChI is InChI=1S/C27H24N6O2.ClH/c34-26(23-16-29-21-9-3-4-10-22(21)30-23)31-20-8-2-1-7-19(20)27-32-25-18(6-5-11-24(25)35-27)17-33-14-12-28-13-15-33;/h1-11,16,28H,12-15,17H2,(H,31,34);1H. The number of anilines is 1. The molecule has 1 aliphatic rings. The van der Waals surface area contributed by atoms with Gasteiger partial charge in [0.2, 0.25) is 5.89 Å². The number of carbonyl (C=O) groups excluding carboxylic acids is 1. The second-order valence-electron chi connectivity index (χ2n) is 8.55. The quantitative estimate of drug-likeness (QED) is 0.366. The summed E-state index contributed by atoms with van der Waals surface area (Å²) in [5.41, 5.74) is 5.68. The van der Waals surface area contributed by atoms with Crippen LogP contribution < -0.4 is 10.6 Å². The minimum Gasteiger partial charge on any atom is -0.436 e. The van der Waals surface area contributed by atoms with Gasteiger partial charge in [-0.25, -0.2) is 9.97 Å². The summed E-state index contributed by atoms with van der Waals surface area (Å²) >= 11 is 0. The maximum atomic E-state index is 13.0. The summed E-state index contributed by atoms with van der Waals surface area (Å²) in [6.07, 6.45) is 1.49. The van der Waals surface area contributed by atoms with Crippen molar-refractivity contribution in [1.29, 1.82) is 0 Å². The first kappa shape index (κ1) is 23.9. The molecule has 0 bridgehead atoms. The van der Waals surface area contributed by atoms with Crippen molar-refractivity contribution in [2.24, 2.45) is 0 Å². The van der Waals surface area contributed by atoms with Crippen molar-refractivity contribution in [3.8, 4) is 11.5 Å². The zero-order valence-electron chi connectivity index (χ0n) is 19.5. The molecule has 2 N–H and O–H groups in total. The molecule has 36 heavy (non-hydrogen) atoms. The fourth-order valence-electron chi connectivity index (χ4n) is 4.39. The van der Waals surface area contributed by atoms with Crippen LogP contribution in [0.25, 0.3) is 33.6 Å². The Morgan fingerprint density at radius 3 is 2.58 bits per heavy atom. The Morgan fingerprint density at radius 2 is 1.72 bits per heavy atom. The smallest absolute Gasteiger partial charge is 0.275 e. The maximum absolute atomic E-state index is 13.0. The molecule has 0 aliphatic carbocycles. The molecular weight excluding hydrogens is 476 g/mol. The van der Waals surface area contributed by atoms with Gasteiger partial charge in [0.25, 0.3) is 5.91 Å². The van der Waals surface area contributed by atoms with Crippen LogP contribution in [-0.4, -0.2) is 51.9 Å². The van der Waals surface area contributed by atoms with E-state index in [1.807, 2.05) is 60.7 Å². The molecule has 1 aliphatic heterocycles. The molecule has 9 heteroatoms. The highest BCUT2D eigenvalue weighted by atomic mass is 35.5. The van der Waals surface area contributed by atoms with Crippen LogP contribution in [0, 0.1) is 0 Å². The minimum atomic E-state index is -0.341. The topological polar surface area (TPSA) is 96.2 Å². The zero-order chi connectivity index (χ0) is 23.6. The van der Waals surface area contributed by atoms with Gasteiger partial charge in [0, 0.05) is 32.7 Å². The van der Waals surface area contributed by atoms with Gasteiger partial charge in [0.15, 0.2) is 5.58 Å². The minimum absolute atomic E-state index is 0. The SMILES string of the molecule is Cl.O=C(Nc1ccccc1-c1nc2c(CN3CCNCC3)cccc2o1)c1cnc2ccccc2n1. The van der Waals surface area contributed by atoms with E-state index in [1.54, 1.807) is 0 Å². The Bertz CT molecular complexity index is 1530. The molecule has 1 amide bonds. The number of carbonyl (C=O) groups is 1. The number of nitrogens with zero attached hydrogens (tertiary/aromatic N) is 4. The van der Waals surface area contributed by atoms with Gasteiger partial charge in [-0.3, -0.25) is 14.7 Å². The van der Waals surface area contributed by atoms with Gasteiger partial charge < -0.3 is 15.1 Å². The Morgan fingerprint density at radius 1 is 0.944 bits per heavy atom. The summed E-state index contributed by atoms with van der Waals surface area (Å²) in [5.74, 6) is 0.125. The third kappa shape index (κ3) is 4.79. The van der Waals surface area contributed by atoms with Crippen LogP contribution >= 0.6 is 12.4 Å². The Labute approximate surface area is 214 Å². The van der Waals surface area contributed by atoms with Gasteiger partial charge in [-0.05, 0) is 35.9 Å². The van der Waals surface area contributed by atoms with Crippen molar-refractivity contribution in [3.05, 3.63) is 84.2 Å². The van der Waals surface area contributed by atoms with Gasteiger partial charge in [-0.2, -0.15) is 0 Å². The monoisotopic (exact) mass is 500 g/mol. The van der Waals surface area contributed by atoms with Gasteiger partial charge >= 0.3 is 0 Å². The molecule has 0 saturated carbocycles. The number of halogens is 1. The predicted octanol–water partition coefficient (Wildman–Crippen LogP) is 4.52. The van der Waals surface area contributed by atoms with E-state index < -0.39 is 0 Å². The fourth-order valence-corrected chi connectivity index (χ4v) is 4.39. The zero-order valence-corrected chi connectivity index (χ0v) is 20.3. The van der Waals surface area contributed by atoms with Gasteiger partial charge in [-0.15, -0.1) is 12.4 Å². The summed E-state index contributed by atoms with van der Waals surface area (Å²) in [4.78, 5) is 29.1. The molecule has 5 aromatic rings. The Kier molecular flexibility index (Phi) is 6.90. The summed E-state index contributed by atoms with van der Waals surface area (Å²) in [6, 6.07) is 21.0. The van der Waals surface area contributed by atoms with Crippen LogP contribution in [-0.2, 0) is 6.54 Å². The van der Waals surface area contributed by atoms with Crippen LogP contribution in [0.5, 0.6) is 0 Å². The van der Waals surface area contributed by atoms with Crippen LogP contribution in [0.1, 0.15) is 16.1 Å². The van der Waals surface area contributed by atoms with Crippen molar-refractivity contribution in [2.75, 3.05) is 31.5 Å². The predicted molar refractivity (Wildman–Crippen MR) is 142 cm³/mol. The highest BCUT2D eigenvalue weighted by Gasteiger charge is 2.18. The van der Waals surface area contributed by atoms with Crippen LogP contribution in [0.2, 0.25) is 0 Å². The summed E-state index contributed by atoms with van der Waals surface area (Å²) < 4.78 is 6.15. The van der Waals surface area contributed by atoms with E-state index in [9.17, 15) is 4.79 Å². The normalized spacial score (nSPS) is 14.0. The molecule has 6 rings (SSSR count). The second kappa shape index (κ2) is 10.4. The highest BCUT2D eigenvalue weighted by molar-refractivity contribution is 6.05. The largest absolute Gasteiger partial charge is 0.436 e. The van der Waals surface area contributed by atoms with Crippen LogP contribution in [0.15, 0.2) is 77.3 Å². The number of aromatic nitrogens is 3. The number of rotatable bonds is 5. The molecule has 0 unspecified atom stereocenters. The number of nitrogens with one attached hydrogen (secondary N) is 2. The highest BCUT2D eigenvalue weighted by Crippen LogP contribution is 2.32. The lowest BCUT2D eigenvalue weighted by Gasteiger charge is -2.27. The third-order valence-electron chi connectivity index (χ3n) is 6.19. The van der Waals surface area contributed by atoms with Gasteiger partial charge in [0.05, 0.1) is 28.5 Å². The van der Waals surface area contributed by atoms with Crippen molar-refractivity contribution in [1.82, 2.24) is 25.2 Å². The maximum Gasteiger partial charge on any atom is 0.275 e. The molecule has 3 aromatic carbocycles. The fraction of sp³-hybridized carbons (Fsp3) is 0.185. The molecule has 8 nitrogen and oxygen atoms in total. The summed E-state index contributed by atoms with van der Waals surface area (Å²) in [7, 11) is 0. The molecule has 3 heterocycles. The van der Waals surface area contributed by atoms with Crippen LogP contribution in [0.3, 0.4) is 0 Å². The first-order chi connectivity index (χ1) is 17.2. The molecular formula is C27H25ClN6O2. The number of para-hydroxylation sites is 4. The second-order valence-corrected chi connectivity index (χ2v) is 8.55. The van der Waals surface area contributed by atoms with E-state index in [1.165, 1.54) is 6.20 Å². The van der Waals surface area contributed by atoms with E-state index in [0.717, 1.165) is 54.9 Å². The lowest BCUT2D eigenvalue weighted by molar-refractivity contribution is 0.102. The average molecular weight is 501 g/mol. The van der Waals surface area contributed by atoms with Crippen LogP contribution in [0.4, 0.5) is 5.69 Å².